The average Bonchev–Trinajstić information content (AvgIpc) is 2.71. The summed E-state index contributed by atoms with van der Waals surface area (Å²) in [4.78, 5) is 33.6. The van der Waals surface area contributed by atoms with E-state index in [1.54, 1.807) is 13.0 Å². The number of hydrogen-bond donors (Lipinski definition) is 2. The second-order valence-electron chi connectivity index (χ2n) is 4.74. The maximum Gasteiger partial charge on any atom is 0.292 e. The lowest BCUT2D eigenvalue weighted by Gasteiger charge is -2.20. The van der Waals surface area contributed by atoms with Gasteiger partial charge in [0.1, 0.15) is 5.69 Å². The van der Waals surface area contributed by atoms with Gasteiger partial charge in [0.2, 0.25) is 11.8 Å². The number of carbonyl (C=O) groups is 2. The van der Waals surface area contributed by atoms with Crippen molar-refractivity contribution in [2.75, 3.05) is 11.9 Å². The third kappa shape index (κ3) is 2.54. The smallest absolute Gasteiger partial charge is 0.292 e. The number of rotatable bonds is 3. The van der Waals surface area contributed by atoms with E-state index in [1.807, 2.05) is 0 Å². The van der Waals surface area contributed by atoms with Crippen LogP contribution in [0.15, 0.2) is 24.3 Å². The summed E-state index contributed by atoms with van der Waals surface area (Å²) in [7, 11) is 0. The fraction of sp³-hybridized carbons (Fsp3) is 0.333. The number of nitrogens with one attached hydrogen (secondary N) is 2. The van der Waals surface area contributed by atoms with Crippen molar-refractivity contribution in [3.8, 4) is 0 Å². The van der Waals surface area contributed by atoms with E-state index in [2.05, 4.69) is 10.6 Å². The topological polar surface area (TPSA) is 101 Å². The summed E-state index contributed by atoms with van der Waals surface area (Å²) in [5.74, 6) is -0.597. The van der Waals surface area contributed by atoms with Gasteiger partial charge in [0.25, 0.3) is 5.69 Å². The molecule has 2 amide bonds. The number of hydrogen-bond acceptors (Lipinski definition) is 4. The van der Waals surface area contributed by atoms with Gasteiger partial charge in [-0.05, 0) is 13.0 Å². The number of amides is 2. The number of nitro groups is 1. The van der Waals surface area contributed by atoms with Crippen LogP contribution in [0.3, 0.4) is 0 Å². The lowest BCUT2D eigenvalue weighted by molar-refractivity contribution is -0.383. The van der Waals surface area contributed by atoms with E-state index in [1.165, 1.54) is 18.2 Å². The maximum absolute atomic E-state index is 12.1. The van der Waals surface area contributed by atoms with Crippen LogP contribution in [0.4, 0.5) is 11.4 Å². The van der Waals surface area contributed by atoms with Crippen molar-refractivity contribution in [3.05, 3.63) is 34.4 Å². The van der Waals surface area contributed by atoms with Crippen molar-refractivity contribution in [2.45, 2.75) is 13.3 Å². The molecule has 7 heteroatoms. The molecule has 0 spiro atoms. The molecule has 1 aliphatic rings. The van der Waals surface area contributed by atoms with Crippen molar-refractivity contribution in [2.24, 2.45) is 5.41 Å². The zero-order valence-electron chi connectivity index (χ0n) is 10.3. The molecular weight excluding hydrogens is 250 g/mol. The molecule has 0 aromatic heterocycles. The molecule has 0 radical (unpaired) electrons. The molecule has 2 rings (SSSR count). The van der Waals surface area contributed by atoms with E-state index < -0.39 is 16.2 Å². The minimum atomic E-state index is -0.874. The zero-order valence-corrected chi connectivity index (χ0v) is 10.3. The number of nitrogens with zero attached hydrogens (tertiary/aromatic N) is 1. The number of para-hydroxylation sites is 2. The normalized spacial score (nSPS) is 21.8. The molecule has 1 saturated heterocycles. The first-order chi connectivity index (χ1) is 8.92. The van der Waals surface area contributed by atoms with E-state index in [0.29, 0.717) is 0 Å². The Morgan fingerprint density at radius 1 is 1.47 bits per heavy atom. The number of nitro benzene ring substituents is 1. The van der Waals surface area contributed by atoms with Crippen molar-refractivity contribution < 1.29 is 14.5 Å². The van der Waals surface area contributed by atoms with Gasteiger partial charge in [-0.25, -0.2) is 0 Å². The van der Waals surface area contributed by atoms with Crippen LogP contribution in [0.2, 0.25) is 0 Å². The lowest BCUT2D eigenvalue weighted by Crippen LogP contribution is -2.35. The Morgan fingerprint density at radius 2 is 2.16 bits per heavy atom. The van der Waals surface area contributed by atoms with Gasteiger partial charge in [-0.2, -0.15) is 0 Å². The van der Waals surface area contributed by atoms with Crippen LogP contribution in [-0.2, 0) is 9.59 Å². The Bertz CT molecular complexity index is 558. The van der Waals surface area contributed by atoms with Crippen LogP contribution in [-0.4, -0.2) is 23.3 Å². The highest BCUT2D eigenvalue weighted by Gasteiger charge is 2.41. The van der Waals surface area contributed by atoms with Crippen LogP contribution in [0.25, 0.3) is 0 Å². The molecule has 2 N–H and O–H groups in total. The molecule has 0 saturated carbocycles. The number of carbonyl (C=O) groups excluding carboxylic acids is 2. The first kappa shape index (κ1) is 13.0. The molecule has 1 atom stereocenters. The van der Waals surface area contributed by atoms with Crippen molar-refractivity contribution >= 4 is 23.2 Å². The average molecular weight is 263 g/mol. The van der Waals surface area contributed by atoms with Crippen molar-refractivity contribution in [1.29, 1.82) is 0 Å². The van der Waals surface area contributed by atoms with Crippen molar-refractivity contribution in [3.63, 3.8) is 0 Å². The Balaban J connectivity index is 2.20. The first-order valence-electron chi connectivity index (χ1n) is 5.74. The lowest BCUT2D eigenvalue weighted by atomic mass is 9.88. The van der Waals surface area contributed by atoms with E-state index in [0.717, 1.165) is 0 Å². The Hall–Kier alpha value is -2.44. The summed E-state index contributed by atoms with van der Waals surface area (Å²) in [5.41, 5.74) is -0.907. The van der Waals surface area contributed by atoms with E-state index in [4.69, 9.17) is 0 Å². The molecular formula is C12H13N3O4. The predicted octanol–water partition coefficient (Wildman–Crippen LogP) is 1.06. The quantitative estimate of drug-likeness (QED) is 0.628. The summed E-state index contributed by atoms with van der Waals surface area (Å²) in [5, 5.41) is 15.9. The summed E-state index contributed by atoms with van der Waals surface area (Å²) in [6, 6.07) is 5.90. The third-order valence-corrected chi connectivity index (χ3v) is 3.12. The Morgan fingerprint density at radius 3 is 2.74 bits per heavy atom. The van der Waals surface area contributed by atoms with Crippen LogP contribution in [0.5, 0.6) is 0 Å². The highest BCUT2D eigenvalue weighted by Crippen LogP contribution is 2.30. The van der Waals surface area contributed by atoms with Gasteiger partial charge in [-0.3, -0.25) is 19.7 Å². The zero-order chi connectivity index (χ0) is 14.0. The molecule has 100 valence electrons. The van der Waals surface area contributed by atoms with Gasteiger partial charge in [0, 0.05) is 19.0 Å². The third-order valence-electron chi connectivity index (χ3n) is 3.12. The van der Waals surface area contributed by atoms with Crippen LogP contribution in [0, 0.1) is 15.5 Å². The van der Waals surface area contributed by atoms with Crippen molar-refractivity contribution in [1.82, 2.24) is 5.32 Å². The fourth-order valence-corrected chi connectivity index (χ4v) is 1.95. The van der Waals surface area contributed by atoms with Gasteiger partial charge in [0.15, 0.2) is 0 Å². The van der Waals surface area contributed by atoms with Crippen LogP contribution < -0.4 is 10.6 Å². The monoisotopic (exact) mass is 263 g/mol. The molecule has 0 aliphatic carbocycles. The SMILES string of the molecule is CC1(C(=O)Nc2ccccc2[N+](=O)[O-])CNC(=O)C1. The predicted molar refractivity (Wildman–Crippen MR) is 67.5 cm³/mol. The Labute approximate surface area is 109 Å². The first-order valence-corrected chi connectivity index (χ1v) is 5.74. The molecule has 1 aromatic rings. The molecule has 1 unspecified atom stereocenters. The molecule has 1 fully saturated rings. The fourth-order valence-electron chi connectivity index (χ4n) is 1.95. The summed E-state index contributed by atoms with van der Waals surface area (Å²) < 4.78 is 0. The second-order valence-corrected chi connectivity index (χ2v) is 4.74. The number of benzene rings is 1. The van der Waals surface area contributed by atoms with E-state index >= 15 is 0 Å². The van der Waals surface area contributed by atoms with Gasteiger partial charge in [-0.1, -0.05) is 12.1 Å². The maximum atomic E-state index is 12.1. The number of anilines is 1. The van der Waals surface area contributed by atoms with Crippen LogP contribution >= 0.6 is 0 Å². The molecule has 0 bridgehead atoms. The molecule has 19 heavy (non-hydrogen) atoms. The highest BCUT2D eigenvalue weighted by atomic mass is 16.6. The minimum Gasteiger partial charge on any atom is -0.355 e. The summed E-state index contributed by atoms with van der Waals surface area (Å²) in [6.45, 7) is 1.88. The Kier molecular flexibility index (Phi) is 3.20. The molecule has 1 aromatic carbocycles. The van der Waals surface area contributed by atoms with Gasteiger partial charge < -0.3 is 10.6 Å². The molecule has 7 nitrogen and oxygen atoms in total. The second kappa shape index (κ2) is 4.68. The van der Waals surface area contributed by atoms with E-state index in [9.17, 15) is 19.7 Å². The molecule has 1 aliphatic heterocycles. The largest absolute Gasteiger partial charge is 0.355 e. The highest BCUT2D eigenvalue weighted by molar-refractivity contribution is 6.01. The summed E-state index contributed by atoms with van der Waals surface area (Å²) in [6.07, 6.45) is 0.0828. The van der Waals surface area contributed by atoms with Gasteiger partial charge in [-0.15, -0.1) is 0 Å². The van der Waals surface area contributed by atoms with Gasteiger partial charge >= 0.3 is 0 Å². The minimum absolute atomic E-state index is 0.0828. The van der Waals surface area contributed by atoms with E-state index in [-0.39, 0.29) is 30.2 Å². The summed E-state index contributed by atoms with van der Waals surface area (Å²) >= 11 is 0. The van der Waals surface area contributed by atoms with Gasteiger partial charge in [0.05, 0.1) is 10.3 Å². The van der Waals surface area contributed by atoms with Crippen LogP contribution in [0.1, 0.15) is 13.3 Å². The standard InChI is InChI=1S/C12H13N3O4/c1-12(6-10(16)13-7-12)11(17)14-8-4-2-3-5-9(8)15(18)19/h2-5H,6-7H2,1H3,(H,13,16)(H,14,17). The molecule has 1 heterocycles.